The molecule has 1 heterocycles. The zero-order valence-electron chi connectivity index (χ0n) is 21.3. The zero-order chi connectivity index (χ0) is 28.2. The van der Waals surface area contributed by atoms with Gasteiger partial charge in [0.2, 0.25) is 5.75 Å². The van der Waals surface area contributed by atoms with E-state index in [1.165, 1.54) is 35.2 Å². The van der Waals surface area contributed by atoms with Gasteiger partial charge >= 0.3 is 11.7 Å². The Morgan fingerprint density at radius 2 is 1.88 bits per heavy atom. The summed E-state index contributed by atoms with van der Waals surface area (Å²) in [6, 6.07) is 15.8. The van der Waals surface area contributed by atoms with E-state index in [4.69, 9.17) is 26.4 Å². The first kappa shape index (κ1) is 27.0. The summed E-state index contributed by atoms with van der Waals surface area (Å²) in [5.41, 5.74) is 0.967. The van der Waals surface area contributed by atoms with Crippen LogP contribution < -0.4 is 10.3 Å². The molecule has 5 rings (SSSR count). The van der Waals surface area contributed by atoms with Crippen molar-refractivity contribution in [3.8, 4) is 5.75 Å². The largest absolute Gasteiger partial charge is 0.481 e. The lowest BCUT2D eigenvalue weighted by molar-refractivity contribution is -0.385. The molecule has 0 bridgehead atoms. The van der Waals surface area contributed by atoms with Crippen molar-refractivity contribution in [2.45, 2.75) is 44.6 Å². The molecule has 1 aliphatic rings. The number of nitrogens with zero attached hydrogens (tertiary/aromatic N) is 4. The number of aromatic nitrogens is 2. The molecular weight excluding hydrogens is 536 g/mol. The van der Waals surface area contributed by atoms with E-state index in [1.54, 1.807) is 30.3 Å². The van der Waals surface area contributed by atoms with Crippen molar-refractivity contribution in [1.29, 1.82) is 0 Å². The molecule has 0 spiro atoms. The molecule has 0 aliphatic heterocycles. The molecule has 1 saturated carbocycles. The fourth-order valence-corrected chi connectivity index (χ4v) is 5.13. The van der Waals surface area contributed by atoms with E-state index in [-0.39, 0.29) is 40.1 Å². The highest BCUT2D eigenvalue weighted by molar-refractivity contribution is 6.32. The molecule has 0 saturated heterocycles. The van der Waals surface area contributed by atoms with Crippen LogP contribution in [-0.4, -0.2) is 31.9 Å². The summed E-state index contributed by atoms with van der Waals surface area (Å²) >= 11 is 6.41. The molecule has 1 N–H and O–H groups in total. The summed E-state index contributed by atoms with van der Waals surface area (Å²) in [7, 11) is 0. The minimum atomic E-state index is -1.06. The van der Waals surface area contributed by atoms with Gasteiger partial charge in [0.05, 0.1) is 32.6 Å². The van der Waals surface area contributed by atoms with Crippen LogP contribution in [0.5, 0.6) is 5.75 Å². The van der Waals surface area contributed by atoms with Crippen molar-refractivity contribution in [2.24, 2.45) is 5.10 Å². The Hall–Kier alpha value is -4.57. The summed E-state index contributed by atoms with van der Waals surface area (Å²) in [6.45, 7) is -0.0587. The van der Waals surface area contributed by atoms with Gasteiger partial charge in [0.15, 0.2) is 0 Å². The lowest BCUT2D eigenvalue weighted by Crippen LogP contribution is -2.25. The third-order valence-corrected chi connectivity index (χ3v) is 7.18. The Morgan fingerprint density at radius 1 is 1.15 bits per heavy atom. The maximum absolute atomic E-state index is 13.4. The third kappa shape index (κ3) is 5.72. The van der Waals surface area contributed by atoms with E-state index >= 15 is 0 Å². The van der Waals surface area contributed by atoms with Gasteiger partial charge in [-0.25, -0.2) is 9.78 Å². The first-order valence-electron chi connectivity index (χ1n) is 12.8. The Balaban J connectivity index is 1.47. The molecular formula is C29H25ClN4O6. The van der Waals surface area contributed by atoms with E-state index in [0.717, 1.165) is 32.1 Å². The van der Waals surface area contributed by atoms with Crippen LogP contribution in [0.4, 0.5) is 5.69 Å². The number of carboxylic acids is 1. The SMILES string of the molecule is O=C(O)c1ccc(COc2c(Cl)cc(C=Nn3c(C4CCCCC4)nc4ccccc4c3=O)cc2[N+](=O)[O-])cc1. The number of nitro benzene ring substituents is 1. The minimum Gasteiger partial charge on any atom is -0.481 e. The number of hydrogen-bond acceptors (Lipinski definition) is 7. The van der Waals surface area contributed by atoms with Gasteiger partial charge in [-0.2, -0.15) is 9.78 Å². The highest BCUT2D eigenvalue weighted by Crippen LogP contribution is 2.37. The maximum atomic E-state index is 13.4. The Morgan fingerprint density at radius 3 is 2.58 bits per heavy atom. The van der Waals surface area contributed by atoms with Crippen LogP contribution in [-0.2, 0) is 6.61 Å². The van der Waals surface area contributed by atoms with E-state index in [0.29, 0.717) is 27.9 Å². The molecule has 10 nitrogen and oxygen atoms in total. The molecule has 204 valence electrons. The van der Waals surface area contributed by atoms with Crippen molar-refractivity contribution in [1.82, 2.24) is 9.66 Å². The average molecular weight is 561 g/mol. The number of halogens is 1. The number of para-hydroxylation sites is 1. The molecule has 40 heavy (non-hydrogen) atoms. The predicted molar refractivity (Wildman–Crippen MR) is 151 cm³/mol. The fourth-order valence-electron chi connectivity index (χ4n) is 4.85. The molecule has 0 amide bonds. The number of carbonyl (C=O) groups is 1. The van der Waals surface area contributed by atoms with Crippen LogP contribution >= 0.6 is 11.6 Å². The maximum Gasteiger partial charge on any atom is 0.335 e. The van der Waals surface area contributed by atoms with E-state index in [2.05, 4.69) is 5.10 Å². The highest BCUT2D eigenvalue weighted by Gasteiger charge is 2.23. The van der Waals surface area contributed by atoms with Crippen LogP contribution in [0.15, 0.2) is 70.6 Å². The van der Waals surface area contributed by atoms with Gasteiger partial charge in [-0.3, -0.25) is 14.9 Å². The van der Waals surface area contributed by atoms with Gasteiger partial charge in [-0.15, -0.1) is 0 Å². The van der Waals surface area contributed by atoms with Gasteiger partial charge in [-0.05, 0) is 48.7 Å². The van der Waals surface area contributed by atoms with Gasteiger partial charge in [0.1, 0.15) is 12.4 Å². The van der Waals surface area contributed by atoms with Gasteiger partial charge in [0, 0.05) is 17.5 Å². The van der Waals surface area contributed by atoms with Crippen LogP contribution in [0.25, 0.3) is 10.9 Å². The number of hydrogen-bond donors (Lipinski definition) is 1. The number of aromatic carboxylic acids is 1. The van der Waals surface area contributed by atoms with Crippen molar-refractivity contribution in [3.05, 3.63) is 109 Å². The summed E-state index contributed by atoms with van der Waals surface area (Å²) in [4.78, 5) is 40.5. The fraction of sp³-hybridized carbons (Fsp3) is 0.241. The molecule has 0 atom stereocenters. The molecule has 1 aromatic heterocycles. The quantitative estimate of drug-likeness (QED) is 0.155. The Kier molecular flexibility index (Phi) is 7.88. The van der Waals surface area contributed by atoms with Crippen molar-refractivity contribution in [3.63, 3.8) is 0 Å². The standard InChI is InChI=1S/C29H25ClN4O6/c30-23-14-19(15-25(34(38)39)26(23)40-17-18-10-12-21(13-11-18)29(36)37)16-31-33-27(20-6-2-1-3-7-20)32-24-9-5-4-8-22(24)28(33)35/h4-5,8-16,20H,1-3,6-7,17H2,(H,36,37). The van der Waals surface area contributed by atoms with Gasteiger partial charge < -0.3 is 9.84 Å². The normalized spacial score (nSPS) is 14.0. The second kappa shape index (κ2) is 11.7. The zero-order valence-corrected chi connectivity index (χ0v) is 22.1. The van der Waals surface area contributed by atoms with Crippen LogP contribution in [0, 0.1) is 10.1 Å². The van der Waals surface area contributed by atoms with Crippen molar-refractivity contribution < 1.29 is 19.6 Å². The van der Waals surface area contributed by atoms with E-state index in [9.17, 15) is 19.7 Å². The Bertz CT molecular complexity index is 1680. The number of fused-ring (bicyclic) bond motifs is 1. The highest BCUT2D eigenvalue weighted by atomic mass is 35.5. The van der Waals surface area contributed by atoms with Gasteiger partial charge in [-0.1, -0.05) is 55.1 Å². The minimum absolute atomic E-state index is 0.00528. The van der Waals surface area contributed by atoms with Crippen LogP contribution in [0.3, 0.4) is 0 Å². The number of carboxylic acid groups (broad SMARTS) is 1. The predicted octanol–water partition coefficient (Wildman–Crippen LogP) is 6.17. The molecule has 0 unspecified atom stereocenters. The monoisotopic (exact) mass is 560 g/mol. The van der Waals surface area contributed by atoms with Crippen molar-refractivity contribution >= 4 is 40.4 Å². The lowest BCUT2D eigenvalue weighted by atomic mass is 9.88. The smallest absolute Gasteiger partial charge is 0.335 e. The second-order valence-electron chi connectivity index (χ2n) is 9.58. The third-order valence-electron chi connectivity index (χ3n) is 6.90. The summed E-state index contributed by atoms with van der Waals surface area (Å²) in [5, 5.41) is 25.8. The second-order valence-corrected chi connectivity index (χ2v) is 9.99. The number of benzene rings is 3. The topological polar surface area (TPSA) is 137 Å². The average Bonchev–Trinajstić information content (AvgIpc) is 2.96. The van der Waals surface area contributed by atoms with Crippen LogP contribution in [0.1, 0.15) is 65.3 Å². The van der Waals surface area contributed by atoms with E-state index < -0.39 is 10.9 Å². The van der Waals surface area contributed by atoms with E-state index in [1.807, 2.05) is 6.07 Å². The van der Waals surface area contributed by atoms with Gasteiger partial charge in [0.25, 0.3) is 5.56 Å². The molecule has 1 fully saturated rings. The first-order valence-corrected chi connectivity index (χ1v) is 13.2. The van der Waals surface area contributed by atoms with Crippen LogP contribution in [0.2, 0.25) is 5.02 Å². The molecule has 1 aliphatic carbocycles. The number of ether oxygens (including phenoxy) is 1. The first-order chi connectivity index (χ1) is 19.3. The molecule has 11 heteroatoms. The van der Waals surface area contributed by atoms with Crippen molar-refractivity contribution in [2.75, 3.05) is 0 Å². The lowest BCUT2D eigenvalue weighted by Gasteiger charge is -2.22. The molecule has 4 aromatic rings. The summed E-state index contributed by atoms with van der Waals surface area (Å²) in [5.74, 6) is -0.523. The number of nitro groups is 1. The molecule has 0 radical (unpaired) electrons. The molecule has 3 aromatic carbocycles. The summed E-state index contributed by atoms with van der Waals surface area (Å²) < 4.78 is 6.96. The number of rotatable bonds is 8. The summed E-state index contributed by atoms with van der Waals surface area (Å²) in [6.07, 6.45) is 6.40. The Labute approximate surface area is 233 Å².